The monoisotopic (exact) mass is 254 g/mol. The number of amides is 1. The van der Waals surface area contributed by atoms with Crippen LogP contribution in [0.15, 0.2) is 0 Å². The molecule has 0 bridgehead atoms. The van der Waals surface area contributed by atoms with Crippen LogP contribution in [0.5, 0.6) is 0 Å². The molecule has 0 aromatic heterocycles. The minimum Gasteiger partial charge on any atom is -0.342 e. The first kappa shape index (κ1) is 15.5. The van der Waals surface area contributed by atoms with Crippen molar-refractivity contribution in [1.29, 1.82) is 0 Å². The molecule has 0 spiro atoms. The maximum Gasteiger partial charge on any atom is 0.225 e. The van der Waals surface area contributed by atoms with Gasteiger partial charge in [0, 0.05) is 25.0 Å². The second-order valence-electron chi connectivity index (χ2n) is 6.04. The molecule has 18 heavy (non-hydrogen) atoms. The number of hydrogen-bond acceptors (Lipinski definition) is 2. The van der Waals surface area contributed by atoms with Gasteiger partial charge >= 0.3 is 0 Å². The summed E-state index contributed by atoms with van der Waals surface area (Å²) < 4.78 is 0. The Morgan fingerprint density at radius 1 is 1.39 bits per heavy atom. The fourth-order valence-electron chi connectivity index (χ4n) is 2.72. The van der Waals surface area contributed by atoms with Crippen LogP contribution in [-0.2, 0) is 4.79 Å². The van der Waals surface area contributed by atoms with E-state index in [4.69, 9.17) is 5.73 Å². The molecular weight excluding hydrogens is 224 g/mol. The maximum absolute atomic E-state index is 12.5. The number of carbonyl (C=O) groups is 1. The van der Waals surface area contributed by atoms with Crippen molar-refractivity contribution in [2.75, 3.05) is 13.1 Å². The van der Waals surface area contributed by atoms with Gasteiger partial charge in [-0.15, -0.1) is 0 Å². The van der Waals surface area contributed by atoms with Crippen LogP contribution in [0, 0.1) is 17.8 Å². The quantitative estimate of drug-likeness (QED) is 0.820. The first-order chi connectivity index (χ1) is 8.49. The molecule has 0 radical (unpaired) electrons. The average molecular weight is 254 g/mol. The van der Waals surface area contributed by atoms with Crippen LogP contribution in [-0.4, -0.2) is 29.9 Å². The fourth-order valence-corrected chi connectivity index (χ4v) is 2.72. The summed E-state index contributed by atoms with van der Waals surface area (Å²) in [5.74, 6) is 1.66. The van der Waals surface area contributed by atoms with Gasteiger partial charge in [-0.05, 0) is 38.0 Å². The molecule has 0 aromatic rings. The van der Waals surface area contributed by atoms with Gasteiger partial charge in [-0.25, -0.2) is 0 Å². The summed E-state index contributed by atoms with van der Waals surface area (Å²) in [6.45, 7) is 10.4. The predicted molar refractivity (Wildman–Crippen MR) is 76.2 cm³/mol. The summed E-state index contributed by atoms with van der Waals surface area (Å²) in [4.78, 5) is 14.5. The molecule has 1 amide bonds. The second-order valence-corrected chi connectivity index (χ2v) is 6.04. The van der Waals surface area contributed by atoms with Crippen LogP contribution in [0.1, 0.15) is 53.4 Å². The molecule has 1 rings (SSSR count). The van der Waals surface area contributed by atoms with Crippen LogP contribution in [0.4, 0.5) is 0 Å². The Morgan fingerprint density at radius 2 is 2.06 bits per heavy atom. The van der Waals surface area contributed by atoms with Crippen molar-refractivity contribution < 1.29 is 4.79 Å². The normalized spacial score (nSPS) is 29.9. The Morgan fingerprint density at radius 3 is 2.56 bits per heavy atom. The summed E-state index contributed by atoms with van der Waals surface area (Å²) in [5, 5.41) is 0. The zero-order valence-corrected chi connectivity index (χ0v) is 12.5. The van der Waals surface area contributed by atoms with Crippen LogP contribution in [0.2, 0.25) is 0 Å². The van der Waals surface area contributed by atoms with Gasteiger partial charge in [0.25, 0.3) is 0 Å². The van der Waals surface area contributed by atoms with Gasteiger partial charge in [-0.2, -0.15) is 0 Å². The van der Waals surface area contributed by atoms with Gasteiger partial charge in [0.2, 0.25) is 5.91 Å². The Labute approximate surface area is 112 Å². The van der Waals surface area contributed by atoms with Crippen LogP contribution in [0.25, 0.3) is 0 Å². The third-order valence-corrected chi connectivity index (χ3v) is 4.53. The average Bonchev–Trinajstić information content (AvgIpc) is 2.38. The van der Waals surface area contributed by atoms with E-state index in [0.29, 0.717) is 17.7 Å². The van der Waals surface area contributed by atoms with Gasteiger partial charge in [0.05, 0.1) is 0 Å². The first-order valence-corrected chi connectivity index (χ1v) is 7.53. The van der Waals surface area contributed by atoms with E-state index in [0.717, 1.165) is 38.8 Å². The minimum absolute atomic E-state index is 0.167. The highest BCUT2D eigenvalue weighted by Crippen LogP contribution is 2.29. The molecule has 1 saturated carbocycles. The predicted octanol–water partition coefficient (Wildman–Crippen LogP) is 2.64. The molecule has 0 aliphatic heterocycles. The topological polar surface area (TPSA) is 46.3 Å². The molecule has 2 N–H and O–H groups in total. The van der Waals surface area contributed by atoms with Gasteiger partial charge in [0.15, 0.2) is 0 Å². The molecule has 106 valence electrons. The molecular formula is C15H30N2O. The zero-order valence-electron chi connectivity index (χ0n) is 12.5. The van der Waals surface area contributed by atoms with Gasteiger partial charge in [-0.3, -0.25) is 4.79 Å². The molecule has 0 heterocycles. The first-order valence-electron chi connectivity index (χ1n) is 7.53. The summed E-state index contributed by atoms with van der Waals surface area (Å²) in [6.07, 6.45) is 4.12. The molecule has 3 nitrogen and oxygen atoms in total. The second kappa shape index (κ2) is 7.13. The lowest BCUT2D eigenvalue weighted by Crippen LogP contribution is -2.44. The SMILES string of the molecule is CCC(C)CN(CC)C(=O)C1CCC(C)C(N)C1. The van der Waals surface area contributed by atoms with Crippen molar-refractivity contribution in [1.82, 2.24) is 4.90 Å². The highest BCUT2D eigenvalue weighted by Gasteiger charge is 2.31. The number of hydrogen-bond donors (Lipinski definition) is 1. The van der Waals surface area contributed by atoms with Crippen molar-refractivity contribution in [3.8, 4) is 0 Å². The lowest BCUT2D eigenvalue weighted by molar-refractivity contribution is -0.137. The van der Waals surface area contributed by atoms with Crippen molar-refractivity contribution in [2.45, 2.75) is 59.4 Å². The van der Waals surface area contributed by atoms with E-state index in [-0.39, 0.29) is 12.0 Å². The van der Waals surface area contributed by atoms with E-state index in [1.807, 2.05) is 4.90 Å². The van der Waals surface area contributed by atoms with Crippen molar-refractivity contribution in [3.05, 3.63) is 0 Å². The molecule has 4 unspecified atom stereocenters. The lowest BCUT2D eigenvalue weighted by Gasteiger charge is -2.35. The summed E-state index contributed by atoms with van der Waals surface area (Å²) in [7, 11) is 0. The Balaban J connectivity index is 2.56. The van der Waals surface area contributed by atoms with Gasteiger partial charge in [-0.1, -0.05) is 27.2 Å². The third-order valence-electron chi connectivity index (χ3n) is 4.53. The van der Waals surface area contributed by atoms with Crippen molar-refractivity contribution >= 4 is 5.91 Å². The molecule has 4 atom stereocenters. The van der Waals surface area contributed by atoms with Crippen LogP contribution >= 0.6 is 0 Å². The summed E-state index contributed by atoms with van der Waals surface area (Å²) >= 11 is 0. The number of nitrogens with two attached hydrogens (primary N) is 1. The molecule has 3 heteroatoms. The maximum atomic E-state index is 12.5. The van der Waals surface area contributed by atoms with E-state index in [1.54, 1.807) is 0 Å². The van der Waals surface area contributed by atoms with E-state index in [2.05, 4.69) is 27.7 Å². The van der Waals surface area contributed by atoms with Crippen LogP contribution < -0.4 is 5.73 Å². The molecule has 1 fully saturated rings. The Hall–Kier alpha value is -0.570. The molecule has 1 aliphatic carbocycles. The lowest BCUT2D eigenvalue weighted by atomic mass is 9.79. The van der Waals surface area contributed by atoms with Crippen LogP contribution in [0.3, 0.4) is 0 Å². The largest absolute Gasteiger partial charge is 0.342 e. The van der Waals surface area contributed by atoms with E-state index in [1.165, 1.54) is 0 Å². The van der Waals surface area contributed by atoms with Crippen molar-refractivity contribution in [3.63, 3.8) is 0 Å². The number of rotatable bonds is 5. The Bertz CT molecular complexity index is 261. The number of carbonyl (C=O) groups excluding carboxylic acids is 1. The van der Waals surface area contributed by atoms with E-state index < -0.39 is 0 Å². The van der Waals surface area contributed by atoms with E-state index in [9.17, 15) is 4.79 Å². The van der Waals surface area contributed by atoms with E-state index >= 15 is 0 Å². The van der Waals surface area contributed by atoms with Gasteiger partial charge < -0.3 is 10.6 Å². The Kier molecular flexibility index (Phi) is 6.13. The van der Waals surface area contributed by atoms with Crippen molar-refractivity contribution in [2.24, 2.45) is 23.5 Å². The summed E-state index contributed by atoms with van der Waals surface area (Å²) in [6, 6.07) is 0.204. The highest BCUT2D eigenvalue weighted by molar-refractivity contribution is 5.79. The molecule has 0 aromatic carbocycles. The minimum atomic E-state index is 0.167. The standard InChI is InChI=1S/C15H30N2O/c1-5-11(3)10-17(6-2)15(18)13-8-7-12(4)14(16)9-13/h11-14H,5-10,16H2,1-4H3. The number of nitrogens with zero attached hydrogens (tertiary/aromatic N) is 1. The summed E-state index contributed by atoms with van der Waals surface area (Å²) in [5.41, 5.74) is 6.10. The third kappa shape index (κ3) is 3.98. The molecule has 0 saturated heterocycles. The van der Waals surface area contributed by atoms with Gasteiger partial charge in [0.1, 0.15) is 0 Å². The smallest absolute Gasteiger partial charge is 0.225 e. The fraction of sp³-hybridized carbons (Fsp3) is 0.933. The molecule has 1 aliphatic rings. The zero-order chi connectivity index (χ0) is 13.7. The highest BCUT2D eigenvalue weighted by atomic mass is 16.2.